The van der Waals surface area contributed by atoms with Gasteiger partial charge in [0.2, 0.25) is 0 Å². The fourth-order valence-corrected chi connectivity index (χ4v) is 3.50. The lowest BCUT2D eigenvalue weighted by Gasteiger charge is -2.46. The third-order valence-corrected chi connectivity index (χ3v) is 4.89. The van der Waals surface area contributed by atoms with Crippen LogP contribution in [-0.4, -0.2) is 30.5 Å². The van der Waals surface area contributed by atoms with Gasteiger partial charge in [-0.3, -0.25) is 0 Å². The minimum atomic E-state index is -0.702. The molecule has 0 amide bonds. The number of hydrogen-bond acceptors (Lipinski definition) is 3. The predicted octanol–water partition coefficient (Wildman–Crippen LogP) is 1.27. The maximum Gasteiger partial charge on any atom is 0.0782 e. The number of fused-ring (bicyclic) bond motifs is 1. The molecule has 3 rings (SSSR count). The van der Waals surface area contributed by atoms with Crippen LogP contribution in [0.5, 0.6) is 0 Å². The molecule has 2 unspecified atom stereocenters. The van der Waals surface area contributed by atoms with Crippen LogP contribution in [0.15, 0.2) is 24.3 Å². The normalized spacial score (nSPS) is 35.4. The molecule has 0 aromatic heterocycles. The van der Waals surface area contributed by atoms with Crippen LogP contribution in [0, 0.1) is 5.41 Å². The highest BCUT2D eigenvalue weighted by molar-refractivity contribution is 5.32. The van der Waals surface area contributed by atoms with E-state index >= 15 is 0 Å². The van der Waals surface area contributed by atoms with E-state index in [1.54, 1.807) is 0 Å². The molecule has 0 saturated carbocycles. The lowest BCUT2D eigenvalue weighted by Crippen LogP contribution is -2.56. The summed E-state index contributed by atoms with van der Waals surface area (Å²) in [5, 5.41) is 11.1. The molecule has 1 aromatic rings. The van der Waals surface area contributed by atoms with Gasteiger partial charge in [0.1, 0.15) is 0 Å². The molecule has 2 aliphatic rings. The Morgan fingerprint density at radius 1 is 1.22 bits per heavy atom. The van der Waals surface area contributed by atoms with E-state index in [0.717, 1.165) is 25.9 Å². The summed E-state index contributed by atoms with van der Waals surface area (Å²) >= 11 is 0. The molecule has 1 aromatic carbocycles. The van der Waals surface area contributed by atoms with Crippen LogP contribution < -0.4 is 5.73 Å². The Kier molecular flexibility index (Phi) is 2.93. The summed E-state index contributed by atoms with van der Waals surface area (Å²) in [6, 6.07) is 8.40. The van der Waals surface area contributed by atoms with Crippen LogP contribution in [0.25, 0.3) is 0 Å². The average molecular weight is 247 g/mol. The molecule has 0 bridgehead atoms. The number of aryl methyl sites for hydroxylation is 1. The zero-order valence-electron chi connectivity index (χ0n) is 10.7. The van der Waals surface area contributed by atoms with Crippen LogP contribution in [0.4, 0.5) is 0 Å². The van der Waals surface area contributed by atoms with Crippen LogP contribution in [0.3, 0.4) is 0 Å². The van der Waals surface area contributed by atoms with Gasteiger partial charge in [0.25, 0.3) is 0 Å². The molecule has 3 nitrogen and oxygen atoms in total. The van der Waals surface area contributed by atoms with Crippen molar-refractivity contribution >= 4 is 0 Å². The Labute approximate surface area is 108 Å². The molecule has 3 heteroatoms. The molecule has 1 aliphatic carbocycles. The van der Waals surface area contributed by atoms with Gasteiger partial charge < -0.3 is 15.6 Å². The third-order valence-electron chi connectivity index (χ3n) is 4.89. The molecule has 18 heavy (non-hydrogen) atoms. The first-order valence-corrected chi connectivity index (χ1v) is 6.76. The van der Waals surface area contributed by atoms with Gasteiger partial charge in [0.05, 0.1) is 12.2 Å². The predicted molar refractivity (Wildman–Crippen MR) is 70.3 cm³/mol. The number of benzene rings is 1. The minimum absolute atomic E-state index is 0.249. The molecule has 1 aliphatic heterocycles. The smallest absolute Gasteiger partial charge is 0.0782 e. The molecule has 3 N–H and O–H groups in total. The van der Waals surface area contributed by atoms with Gasteiger partial charge in [-0.15, -0.1) is 0 Å². The summed E-state index contributed by atoms with van der Waals surface area (Å²) in [4.78, 5) is 0. The molecule has 98 valence electrons. The lowest BCUT2D eigenvalue weighted by atomic mass is 9.63. The zero-order chi connectivity index (χ0) is 12.6. The summed E-state index contributed by atoms with van der Waals surface area (Å²) in [5.41, 5.74) is 7.65. The van der Waals surface area contributed by atoms with Gasteiger partial charge in [0, 0.05) is 25.0 Å². The van der Waals surface area contributed by atoms with Crippen molar-refractivity contribution in [1.82, 2.24) is 0 Å². The van der Waals surface area contributed by atoms with Gasteiger partial charge in [-0.25, -0.2) is 0 Å². The van der Waals surface area contributed by atoms with E-state index in [-0.39, 0.29) is 5.41 Å². The second-order valence-corrected chi connectivity index (χ2v) is 5.76. The third kappa shape index (κ3) is 1.69. The van der Waals surface area contributed by atoms with Crippen molar-refractivity contribution in [3.05, 3.63) is 35.4 Å². The van der Waals surface area contributed by atoms with Gasteiger partial charge in [-0.2, -0.15) is 0 Å². The van der Waals surface area contributed by atoms with E-state index in [0.29, 0.717) is 19.6 Å². The Balaban J connectivity index is 1.93. The topological polar surface area (TPSA) is 55.5 Å². The summed E-state index contributed by atoms with van der Waals surface area (Å²) in [7, 11) is 0. The van der Waals surface area contributed by atoms with Gasteiger partial charge in [-0.05, 0) is 30.4 Å². The van der Waals surface area contributed by atoms with Crippen molar-refractivity contribution < 1.29 is 9.84 Å². The highest BCUT2D eigenvalue weighted by Crippen LogP contribution is 2.45. The van der Waals surface area contributed by atoms with E-state index in [4.69, 9.17) is 10.5 Å². The first-order chi connectivity index (χ1) is 8.69. The maximum atomic E-state index is 11.1. The number of nitrogens with two attached hydrogens (primary N) is 1. The first kappa shape index (κ1) is 12.2. The summed E-state index contributed by atoms with van der Waals surface area (Å²) in [6.07, 6.45) is 3.32. The fourth-order valence-electron chi connectivity index (χ4n) is 3.50. The largest absolute Gasteiger partial charge is 0.389 e. The molecule has 1 saturated heterocycles. The molecule has 1 fully saturated rings. The van der Waals surface area contributed by atoms with Crippen molar-refractivity contribution in [1.29, 1.82) is 0 Å². The molecule has 0 radical (unpaired) electrons. The fraction of sp³-hybridized carbons (Fsp3) is 0.600. The Morgan fingerprint density at radius 2 is 2.00 bits per heavy atom. The van der Waals surface area contributed by atoms with Crippen LogP contribution in [0.1, 0.15) is 24.0 Å². The Morgan fingerprint density at radius 3 is 2.67 bits per heavy atom. The number of rotatable bonds is 2. The van der Waals surface area contributed by atoms with Crippen molar-refractivity contribution in [2.24, 2.45) is 11.1 Å². The van der Waals surface area contributed by atoms with E-state index < -0.39 is 5.60 Å². The van der Waals surface area contributed by atoms with Crippen LogP contribution in [-0.2, 0) is 17.6 Å². The van der Waals surface area contributed by atoms with Gasteiger partial charge >= 0.3 is 0 Å². The Bertz CT molecular complexity index is 440. The molecule has 1 heterocycles. The standard InChI is InChI=1S/C15H21NO2/c16-10-14(7-8-18-11-14)15(17)6-5-12-3-1-2-4-13(12)9-15/h1-4,17H,5-11,16H2. The molecular weight excluding hydrogens is 226 g/mol. The Hall–Kier alpha value is -0.900. The van der Waals surface area contributed by atoms with E-state index in [9.17, 15) is 5.11 Å². The van der Waals surface area contributed by atoms with Gasteiger partial charge in [0.15, 0.2) is 0 Å². The second kappa shape index (κ2) is 4.34. The quantitative estimate of drug-likeness (QED) is 0.827. The van der Waals surface area contributed by atoms with Crippen LogP contribution >= 0.6 is 0 Å². The SMILES string of the molecule is NCC1(C2(O)CCc3ccccc3C2)CCOC1. The summed E-state index contributed by atoms with van der Waals surface area (Å²) in [5.74, 6) is 0. The summed E-state index contributed by atoms with van der Waals surface area (Å²) in [6.45, 7) is 1.83. The lowest BCUT2D eigenvalue weighted by molar-refractivity contribution is -0.0921. The molecule has 0 spiro atoms. The van der Waals surface area contributed by atoms with Crippen molar-refractivity contribution in [2.45, 2.75) is 31.3 Å². The first-order valence-electron chi connectivity index (χ1n) is 6.76. The van der Waals surface area contributed by atoms with Crippen molar-refractivity contribution in [3.63, 3.8) is 0 Å². The van der Waals surface area contributed by atoms with Crippen molar-refractivity contribution in [2.75, 3.05) is 19.8 Å². The highest BCUT2D eigenvalue weighted by atomic mass is 16.5. The molecular formula is C15H21NO2. The summed E-state index contributed by atoms with van der Waals surface area (Å²) < 4.78 is 5.52. The maximum absolute atomic E-state index is 11.1. The zero-order valence-corrected chi connectivity index (χ0v) is 10.7. The number of ether oxygens (including phenoxy) is 1. The second-order valence-electron chi connectivity index (χ2n) is 5.76. The monoisotopic (exact) mass is 247 g/mol. The van der Waals surface area contributed by atoms with E-state index in [1.165, 1.54) is 11.1 Å². The average Bonchev–Trinajstić information content (AvgIpc) is 2.89. The number of hydrogen-bond donors (Lipinski definition) is 2. The van der Waals surface area contributed by atoms with Crippen molar-refractivity contribution in [3.8, 4) is 0 Å². The van der Waals surface area contributed by atoms with E-state index in [2.05, 4.69) is 18.2 Å². The molecule has 2 atom stereocenters. The van der Waals surface area contributed by atoms with Gasteiger partial charge in [-0.1, -0.05) is 24.3 Å². The number of aliphatic hydroxyl groups is 1. The van der Waals surface area contributed by atoms with E-state index in [1.807, 2.05) is 6.07 Å². The highest BCUT2D eigenvalue weighted by Gasteiger charge is 2.52. The minimum Gasteiger partial charge on any atom is -0.389 e. The van der Waals surface area contributed by atoms with Crippen LogP contribution in [0.2, 0.25) is 0 Å².